The van der Waals surface area contributed by atoms with Crippen LogP contribution in [0.3, 0.4) is 0 Å². The van der Waals surface area contributed by atoms with Crippen molar-refractivity contribution in [2.24, 2.45) is 0 Å². The van der Waals surface area contributed by atoms with E-state index in [1.54, 1.807) is 0 Å². The summed E-state index contributed by atoms with van der Waals surface area (Å²) in [5, 5.41) is 0. The highest BCUT2D eigenvalue weighted by Gasteiger charge is 2.24. The summed E-state index contributed by atoms with van der Waals surface area (Å²) in [5.41, 5.74) is 0. The Morgan fingerprint density at radius 1 is 0.714 bits per heavy atom. The van der Waals surface area contributed by atoms with Gasteiger partial charge in [-0.1, -0.05) is 65.7 Å². The van der Waals surface area contributed by atoms with Gasteiger partial charge in [0.25, 0.3) is 0 Å². The van der Waals surface area contributed by atoms with Crippen molar-refractivity contribution < 1.29 is 13.6 Å². The molecule has 0 heterocycles. The first-order valence-corrected chi connectivity index (χ1v) is 11.9. The van der Waals surface area contributed by atoms with Crippen LogP contribution in [0, 0.1) is 0 Å². The molecule has 21 heavy (non-hydrogen) atoms. The molecule has 0 amide bonds. The second kappa shape index (κ2) is 15.4. The molecule has 0 saturated heterocycles. The lowest BCUT2D eigenvalue weighted by Crippen LogP contribution is -1.98. The first-order valence-electron chi connectivity index (χ1n) is 8.72. The molecule has 0 saturated carbocycles. The Balaban J connectivity index is 3.88. The van der Waals surface area contributed by atoms with Gasteiger partial charge in [0.1, 0.15) is 0 Å². The lowest BCUT2D eigenvalue weighted by atomic mass is 10.1. The van der Waals surface area contributed by atoms with Crippen molar-refractivity contribution in [3.63, 3.8) is 0 Å². The second-order valence-corrected chi connectivity index (χ2v) is 9.62. The fourth-order valence-corrected chi connectivity index (χ4v) is 5.25. The van der Waals surface area contributed by atoms with Gasteiger partial charge >= 0.3 is 6.80 Å². The zero-order valence-electron chi connectivity index (χ0n) is 14.3. The van der Waals surface area contributed by atoms with Crippen LogP contribution in [0.5, 0.6) is 0 Å². The molecule has 0 aliphatic rings. The highest BCUT2D eigenvalue weighted by atomic mass is 32.7. The van der Waals surface area contributed by atoms with Crippen LogP contribution >= 0.6 is 18.2 Å². The molecule has 5 heteroatoms. The molecular weight excluding hydrogens is 303 g/mol. The fraction of sp³-hybridized carbons (Fsp3) is 1.00. The summed E-state index contributed by atoms with van der Waals surface area (Å²) in [5.74, 6) is 0.877. The zero-order chi connectivity index (χ0) is 15.8. The van der Waals surface area contributed by atoms with Gasteiger partial charge in [-0.2, -0.15) is 0 Å². The van der Waals surface area contributed by atoms with Crippen molar-refractivity contribution in [1.29, 1.82) is 0 Å². The molecule has 0 atom stereocenters. The van der Waals surface area contributed by atoms with Gasteiger partial charge in [0.2, 0.25) is 0 Å². The molecule has 0 spiro atoms. The first-order chi connectivity index (χ1) is 10.2. The van der Waals surface area contributed by atoms with Crippen LogP contribution in [0.2, 0.25) is 0 Å². The summed E-state index contributed by atoms with van der Waals surface area (Å²) in [4.78, 5) is 0. The Morgan fingerprint density at radius 2 is 1.19 bits per heavy atom. The third kappa shape index (κ3) is 13.9. The van der Waals surface area contributed by atoms with Gasteiger partial charge in [0, 0.05) is 5.75 Å². The monoisotopic (exact) mass is 338 g/mol. The molecule has 0 fully saturated rings. The topological polar surface area (TPSA) is 35.5 Å². The lowest BCUT2D eigenvalue weighted by Gasteiger charge is -2.17. The van der Waals surface area contributed by atoms with E-state index in [0.717, 1.165) is 37.9 Å². The van der Waals surface area contributed by atoms with E-state index in [1.165, 1.54) is 43.5 Å². The predicted molar refractivity (Wildman–Crippen MR) is 95.2 cm³/mol. The number of unbranched alkanes of at least 4 members (excludes halogenated alkanes) is 7. The molecule has 0 aromatic carbocycles. The Kier molecular flexibility index (Phi) is 15.8. The van der Waals surface area contributed by atoms with Crippen molar-refractivity contribution in [3.8, 4) is 0 Å². The van der Waals surface area contributed by atoms with E-state index >= 15 is 0 Å². The maximum atomic E-state index is 12.6. The van der Waals surface area contributed by atoms with E-state index in [1.807, 2.05) is 0 Å². The van der Waals surface area contributed by atoms with Gasteiger partial charge in [-0.15, -0.1) is 0 Å². The minimum atomic E-state index is -2.92. The number of hydrogen-bond acceptors (Lipinski definition) is 4. The Hall–Kier alpha value is 0.500. The smallest absolute Gasteiger partial charge is 0.301 e. The average Bonchev–Trinajstić information content (AvgIpc) is 2.47. The molecule has 0 aliphatic heterocycles. The van der Waals surface area contributed by atoms with Crippen LogP contribution in [0.25, 0.3) is 0 Å². The molecule has 0 aromatic heterocycles. The van der Waals surface area contributed by atoms with Gasteiger partial charge < -0.3 is 9.05 Å². The van der Waals surface area contributed by atoms with Gasteiger partial charge in [-0.3, -0.25) is 0 Å². The molecule has 0 rings (SSSR count). The first kappa shape index (κ1) is 21.5. The third-order valence-electron chi connectivity index (χ3n) is 3.24. The second-order valence-electron chi connectivity index (χ2n) is 5.42. The highest BCUT2D eigenvalue weighted by molar-refractivity contribution is 8.55. The average molecular weight is 338 g/mol. The van der Waals surface area contributed by atoms with Crippen molar-refractivity contribution in [1.82, 2.24) is 0 Å². The molecular formula is C16H35O3PS. The van der Waals surface area contributed by atoms with E-state index in [0.29, 0.717) is 13.2 Å². The molecule has 0 N–H and O–H groups in total. The predicted octanol–water partition coefficient (Wildman–Crippen LogP) is 6.82. The fourth-order valence-electron chi connectivity index (χ4n) is 1.81. The number of hydrogen-bond donors (Lipinski definition) is 0. The summed E-state index contributed by atoms with van der Waals surface area (Å²) in [6.07, 6.45) is 11.5. The molecule has 128 valence electrons. The lowest BCUT2D eigenvalue weighted by molar-refractivity contribution is 0.215. The third-order valence-corrected chi connectivity index (χ3v) is 7.16. The highest BCUT2D eigenvalue weighted by Crippen LogP contribution is 2.61. The summed E-state index contributed by atoms with van der Waals surface area (Å²) in [6.45, 7) is 4.61. The SMILES string of the molecule is CCCCCCCCSP(=O)(OCCCC)OCCCC. The normalized spacial score (nSPS) is 12.0. The summed E-state index contributed by atoms with van der Waals surface area (Å²) in [6, 6.07) is 0. The van der Waals surface area contributed by atoms with E-state index < -0.39 is 6.80 Å². The van der Waals surface area contributed by atoms with E-state index in [9.17, 15) is 4.57 Å². The largest absolute Gasteiger partial charge is 0.389 e. The molecule has 0 bridgehead atoms. The van der Waals surface area contributed by atoms with Crippen molar-refractivity contribution >= 4 is 18.2 Å². The maximum Gasteiger partial charge on any atom is 0.389 e. The summed E-state index contributed by atoms with van der Waals surface area (Å²) < 4.78 is 23.7. The summed E-state index contributed by atoms with van der Waals surface area (Å²) in [7, 11) is 0. The van der Waals surface area contributed by atoms with Crippen LogP contribution in [-0.4, -0.2) is 19.0 Å². The quantitative estimate of drug-likeness (QED) is 0.228. The van der Waals surface area contributed by atoms with Crippen molar-refractivity contribution in [2.75, 3.05) is 19.0 Å². The van der Waals surface area contributed by atoms with Crippen LogP contribution in [-0.2, 0) is 13.6 Å². The Morgan fingerprint density at radius 3 is 1.71 bits per heavy atom. The Bertz CT molecular complexity index is 248. The van der Waals surface area contributed by atoms with Crippen LogP contribution in [0.15, 0.2) is 0 Å². The van der Waals surface area contributed by atoms with E-state index in [-0.39, 0.29) is 0 Å². The Labute approximate surface area is 136 Å². The standard InChI is InChI=1S/C16H35O3PS/c1-4-7-10-11-12-13-16-21-20(17,18-14-8-5-2)19-15-9-6-3/h4-16H2,1-3H3. The van der Waals surface area contributed by atoms with Gasteiger partial charge in [0.15, 0.2) is 0 Å². The van der Waals surface area contributed by atoms with Crippen LogP contribution in [0.1, 0.15) is 85.0 Å². The van der Waals surface area contributed by atoms with Crippen LogP contribution in [0.4, 0.5) is 0 Å². The maximum absolute atomic E-state index is 12.6. The van der Waals surface area contributed by atoms with Crippen LogP contribution < -0.4 is 0 Å². The molecule has 0 unspecified atom stereocenters. The number of rotatable bonds is 16. The molecule has 0 aliphatic carbocycles. The summed E-state index contributed by atoms with van der Waals surface area (Å²) >= 11 is 1.40. The van der Waals surface area contributed by atoms with Gasteiger partial charge in [-0.25, -0.2) is 4.57 Å². The van der Waals surface area contributed by atoms with Gasteiger partial charge in [0.05, 0.1) is 13.2 Å². The minimum Gasteiger partial charge on any atom is -0.301 e. The van der Waals surface area contributed by atoms with E-state index in [2.05, 4.69) is 20.8 Å². The zero-order valence-corrected chi connectivity index (χ0v) is 16.0. The molecule has 0 radical (unpaired) electrons. The molecule has 0 aromatic rings. The molecule has 3 nitrogen and oxygen atoms in total. The minimum absolute atomic E-state index is 0.545. The van der Waals surface area contributed by atoms with Crippen molar-refractivity contribution in [3.05, 3.63) is 0 Å². The van der Waals surface area contributed by atoms with E-state index in [4.69, 9.17) is 9.05 Å². The van der Waals surface area contributed by atoms with Crippen molar-refractivity contribution in [2.45, 2.75) is 85.0 Å². The van der Waals surface area contributed by atoms with Gasteiger partial charge in [-0.05, 0) is 30.6 Å².